The van der Waals surface area contributed by atoms with E-state index in [0.29, 0.717) is 17.0 Å². The van der Waals surface area contributed by atoms with E-state index in [1.54, 1.807) is 60.1 Å². The molecule has 0 spiro atoms. The number of nitrogens with one attached hydrogen (secondary N) is 2. The average Bonchev–Trinajstić information content (AvgIpc) is 2.74. The minimum atomic E-state index is -0.590. The molecule has 0 aliphatic carbocycles. The molecular weight excluding hydrogens is 356 g/mol. The standard InChI is InChI=1S/C22H18N2O4/c25-21(15-8-16-6-9-17(10-7-16)22(26)24-27)23-18-11-13-20(14-12-18)28-19-4-2-1-3-5-19/h1-15,27H,(H,23,25)(H,24,26). The minimum absolute atomic E-state index is 0.283. The second-order valence-electron chi connectivity index (χ2n) is 5.83. The summed E-state index contributed by atoms with van der Waals surface area (Å²) in [7, 11) is 0. The summed E-state index contributed by atoms with van der Waals surface area (Å²) >= 11 is 0. The normalized spacial score (nSPS) is 10.5. The van der Waals surface area contributed by atoms with Gasteiger partial charge in [-0.2, -0.15) is 0 Å². The molecule has 0 saturated heterocycles. The number of hydrogen-bond donors (Lipinski definition) is 3. The van der Waals surface area contributed by atoms with Crippen LogP contribution in [0, 0.1) is 0 Å². The maximum atomic E-state index is 12.1. The van der Waals surface area contributed by atoms with Crippen LogP contribution in [0.15, 0.2) is 84.9 Å². The van der Waals surface area contributed by atoms with Crippen LogP contribution in [0.4, 0.5) is 5.69 Å². The van der Waals surface area contributed by atoms with Crippen molar-refractivity contribution in [1.82, 2.24) is 5.48 Å². The number of hydroxylamine groups is 1. The first-order valence-corrected chi connectivity index (χ1v) is 8.50. The van der Waals surface area contributed by atoms with E-state index in [2.05, 4.69) is 5.32 Å². The predicted octanol–water partition coefficient (Wildman–Crippen LogP) is 4.25. The number of rotatable bonds is 6. The Hall–Kier alpha value is -3.90. The van der Waals surface area contributed by atoms with E-state index in [-0.39, 0.29) is 5.91 Å². The molecule has 0 aliphatic rings. The van der Waals surface area contributed by atoms with E-state index in [4.69, 9.17) is 9.94 Å². The van der Waals surface area contributed by atoms with Crippen molar-refractivity contribution in [2.45, 2.75) is 0 Å². The van der Waals surface area contributed by atoms with E-state index < -0.39 is 5.91 Å². The Morgan fingerprint density at radius 2 is 1.46 bits per heavy atom. The van der Waals surface area contributed by atoms with Crippen molar-refractivity contribution < 1.29 is 19.5 Å². The van der Waals surface area contributed by atoms with Gasteiger partial charge in [0.25, 0.3) is 5.91 Å². The van der Waals surface area contributed by atoms with Crippen molar-refractivity contribution in [3.8, 4) is 11.5 Å². The van der Waals surface area contributed by atoms with Crippen LogP contribution >= 0.6 is 0 Å². The maximum absolute atomic E-state index is 12.1. The predicted molar refractivity (Wildman–Crippen MR) is 106 cm³/mol. The van der Waals surface area contributed by atoms with Gasteiger partial charge < -0.3 is 10.1 Å². The third-order valence-corrected chi connectivity index (χ3v) is 3.80. The summed E-state index contributed by atoms with van der Waals surface area (Å²) in [4.78, 5) is 23.3. The summed E-state index contributed by atoms with van der Waals surface area (Å²) in [5, 5.41) is 11.4. The van der Waals surface area contributed by atoms with Gasteiger partial charge in [0.05, 0.1) is 0 Å². The molecule has 0 aliphatic heterocycles. The summed E-state index contributed by atoms with van der Waals surface area (Å²) in [6.07, 6.45) is 3.03. The highest BCUT2D eigenvalue weighted by atomic mass is 16.5. The fraction of sp³-hybridized carbons (Fsp3) is 0. The van der Waals surface area contributed by atoms with Crippen LogP contribution in [0.2, 0.25) is 0 Å². The van der Waals surface area contributed by atoms with Gasteiger partial charge in [-0.15, -0.1) is 0 Å². The summed E-state index contributed by atoms with van der Waals surface area (Å²) in [5.74, 6) is 0.540. The molecule has 3 aromatic carbocycles. The Labute approximate surface area is 162 Å². The molecule has 6 nitrogen and oxygen atoms in total. The fourth-order valence-electron chi connectivity index (χ4n) is 2.40. The van der Waals surface area contributed by atoms with Crippen molar-refractivity contribution in [3.05, 3.63) is 96.1 Å². The van der Waals surface area contributed by atoms with Gasteiger partial charge in [-0.25, -0.2) is 5.48 Å². The van der Waals surface area contributed by atoms with Crippen molar-refractivity contribution in [3.63, 3.8) is 0 Å². The van der Waals surface area contributed by atoms with Gasteiger partial charge in [0.2, 0.25) is 5.91 Å². The highest BCUT2D eigenvalue weighted by molar-refractivity contribution is 6.02. The van der Waals surface area contributed by atoms with Gasteiger partial charge >= 0.3 is 0 Å². The van der Waals surface area contributed by atoms with Crippen molar-refractivity contribution in [2.24, 2.45) is 0 Å². The summed E-state index contributed by atoms with van der Waals surface area (Å²) in [5.41, 5.74) is 3.28. The molecule has 0 atom stereocenters. The van der Waals surface area contributed by atoms with E-state index in [9.17, 15) is 9.59 Å². The average molecular weight is 374 g/mol. The molecule has 0 radical (unpaired) electrons. The molecule has 3 N–H and O–H groups in total. The van der Waals surface area contributed by atoms with Gasteiger partial charge in [-0.3, -0.25) is 14.8 Å². The topological polar surface area (TPSA) is 87.7 Å². The molecule has 0 bridgehead atoms. The Morgan fingerprint density at radius 3 is 2.11 bits per heavy atom. The summed E-state index contributed by atoms with van der Waals surface area (Å²) < 4.78 is 5.71. The molecule has 140 valence electrons. The van der Waals surface area contributed by atoms with Crippen LogP contribution in [0.5, 0.6) is 11.5 Å². The number of amides is 2. The quantitative estimate of drug-likeness (QED) is 0.342. The first-order valence-electron chi connectivity index (χ1n) is 8.50. The van der Waals surface area contributed by atoms with Crippen LogP contribution in [-0.2, 0) is 4.79 Å². The van der Waals surface area contributed by atoms with E-state index in [1.807, 2.05) is 30.3 Å². The maximum Gasteiger partial charge on any atom is 0.274 e. The Morgan fingerprint density at radius 1 is 0.821 bits per heavy atom. The highest BCUT2D eigenvalue weighted by Crippen LogP contribution is 2.22. The molecule has 2 amide bonds. The molecule has 3 aromatic rings. The number of hydrogen-bond acceptors (Lipinski definition) is 4. The zero-order chi connectivity index (χ0) is 19.8. The zero-order valence-electron chi connectivity index (χ0n) is 14.8. The lowest BCUT2D eigenvalue weighted by Gasteiger charge is -2.07. The van der Waals surface area contributed by atoms with Crippen LogP contribution in [0.1, 0.15) is 15.9 Å². The minimum Gasteiger partial charge on any atom is -0.457 e. The lowest BCUT2D eigenvalue weighted by Crippen LogP contribution is -2.18. The molecule has 0 fully saturated rings. The third kappa shape index (κ3) is 5.30. The molecule has 3 rings (SSSR count). The van der Waals surface area contributed by atoms with Crippen molar-refractivity contribution in [2.75, 3.05) is 5.32 Å². The highest BCUT2D eigenvalue weighted by Gasteiger charge is 2.03. The lowest BCUT2D eigenvalue weighted by atomic mass is 10.1. The molecule has 0 unspecified atom stereocenters. The second kappa shape index (κ2) is 9.16. The Bertz CT molecular complexity index is 966. The van der Waals surface area contributed by atoms with Gasteiger partial charge in [0, 0.05) is 17.3 Å². The van der Waals surface area contributed by atoms with E-state index in [0.717, 1.165) is 11.3 Å². The van der Waals surface area contributed by atoms with Gasteiger partial charge in [0.15, 0.2) is 0 Å². The van der Waals surface area contributed by atoms with Gasteiger partial charge in [0.1, 0.15) is 11.5 Å². The first kappa shape index (κ1) is 18.9. The molecular formula is C22H18N2O4. The van der Waals surface area contributed by atoms with Gasteiger partial charge in [-0.1, -0.05) is 30.3 Å². The number of benzene rings is 3. The summed E-state index contributed by atoms with van der Waals surface area (Å²) in [6, 6.07) is 22.9. The number of para-hydroxylation sites is 1. The summed E-state index contributed by atoms with van der Waals surface area (Å²) in [6.45, 7) is 0. The number of ether oxygens (including phenoxy) is 1. The molecule has 0 saturated carbocycles. The van der Waals surface area contributed by atoms with E-state index >= 15 is 0 Å². The molecule has 28 heavy (non-hydrogen) atoms. The largest absolute Gasteiger partial charge is 0.457 e. The number of carbonyl (C=O) groups is 2. The second-order valence-corrected chi connectivity index (χ2v) is 5.83. The van der Waals surface area contributed by atoms with Crippen LogP contribution < -0.4 is 15.5 Å². The SMILES string of the molecule is O=C(C=Cc1ccc(C(=O)NO)cc1)Nc1ccc(Oc2ccccc2)cc1. The van der Waals surface area contributed by atoms with Crippen molar-refractivity contribution >= 4 is 23.6 Å². The first-order chi connectivity index (χ1) is 13.6. The monoisotopic (exact) mass is 374 g/mol. The van der Waals surface area contributed by atoms with E-state index in [1.165, 1.54) is 6.08 Å². The Balaban J connectivity index is 1.55. The number of anilines is 1. The molecule has 0 aromatic heterocycles. The molecule has 0 heterocycles. The molecule has 6 heteroatoms. The van der Waals surface area contributed by atoms with Crippen LogP contribution in [0.25, 0.3) is 6.08 Å². The van der Waals surface area contributed by atoms with Gasteiger partial charge in [-0.05, 0) is 60.2 Å². The zero-order valence-corrected chi connectivity index (χ0v) is 14.8. The van der Waals surface area contributed by atoms with Crippen molar-refractivity contribution in [1.29, 1.82) is 0 Å². The lowest BCUT2D eigenvalue weighted by molar-refractivity contribution is -0.111. The van der Waals surface area contributed by atoms with Crippen LogP contribution in [-0.4, -0.2) is 17.0 Å². The smallest absolute Gasteiger partial charge is 0.274 e. The number of carbonyl (C=O) groups excluding carboxylic acids is 2. The Kier molecular flexibility index (Phi) is 6.17. The fourth-order valence-corrected chi connectivity index (χ4v) is 2.40. The van der Waals surface area contributed by atoms with Crippen LogP contribution in [0.3, 0.4) is 0 Å². The third-order valence-electron chi connectivity index (χ3n) is 3.80.